The summed E-state index contributed by atoms with van der Waals surface area (Å²) >= 11 is 0. The Morgan fingerprint density at radius 2 is 1.69 bits per heavy atom. The fourth-order valence-electron chi connectivity index (χ4n) is 4.10. The Bertz CT molecular complexity index is 1670. The van der Waals surface area contributed by atoms with Gasteiger partial charge in [0.15, 0.2) is 0 Å². The molecule has 3 heterocycles. The quantitative estimate of drug-likeness (QED) is 0.357. The lowest BCUT2D eigenvalue weighted by Gasteiger charge is -2.14. The van der Waals surface area contributed by atoms with Crippen LogP contribution in [0.1, 0.15) is 23.7 Å². The molecule has 0 fully saturated rings. The molecule has 0 spiro atoms. The number of aromatic nitrogens is 3. The first kappa shape index (κ1) is 23.2. The first-order valence-corrected chi connectivity index (χ1v) is 11.7. The van der Waals surface area contributed by atoms with Crippen molar-refractivity contribution in [2.45, 2.75) is 19.9 Å². The molecule has 2 N–H and O–H groups in total. The van der Waals surface area contributed by atoms with Gasteiger partial charge in [0, 0.05) is 34.3 Å². The molecule has 0 radical (unpaired) electrons. The Kier molecular flexibility index (Phi) is 6.40. The molecular formula is C30H25N5O. The van der Waals surface area contributed by atoms with Gasteiger partial charge < -0.3 is 10.6 Å². The number of nitrogens with zero attached hydrogens (tertiary/aromatic N) is 3. The smallest absolute Gasteiger partial charge is 0.242 e. The molecule has 176 valence electrons. The van der Waals surface area contributed by atoms with Crippen LogP contribution in [0.5, 0.6) is 0 Å². The lowest BCUT2D eigenvalue weighted by atomic mass is 9.94. The third-order valence-electron chi connectivity index (χ3n) is 6.16. The van der Waals surface area contributed by atoms with Crippen LogP contribution in [0.2, 0.25) is 0 Å². The Morgan fingerprint density at radius 1 is 0.917 bits per heavy atom. The van der Waals surface area contributed by atoms with Crippen molar-refractivity contribution in [1.29, 1.82) is 0 Å². The van der Waals surface area contributed by atoms with Crippen LogP contribution >= 0.6 is 0 Å². The molecule has 3 aromatic heterocycles. The summed E-state index contributed by atoms with van der Waals surface area (Å²) in [5.41, 5.74) is 6.27. The van der Waals surface area contributed by atoms with E-state index < -0.39 is 0 Å². The van der Waals surface area contributed by atoms with Crippen molar-refractivity contribution in [3.8, 4) is 23.0 Å². The average Bonchev–Trinajstić information content (AvgIpc) is 2.91. The van der Waals surface area contributed by atoms with E-state index >= 15 is 0 Å². The Morgan fingerprint density at radius 3 is 2.53 bits per heavy atom. The minimum Gasteiger partial charge on any atom is -0.309 e. The van der Waals surface area contributed by atoms with Crippen molar-refractivity contribution in [1.82, 2.24) is 20.3 Å². The standard InChI is InChI=1S/C30H25N5O/c1-19-8-12-26-23(7-5-17-33-26)29(19)24-11-15-28(35-30(36)20(2)31-3)34-27(24)14-10-21-9-13-25-22(18-21)6-4-16-32-25/h4-9,11-13,15-18,20,31H,1-3H3,(H,34,35,36). The minimum absolute atomic E-state index is 0.163. The molecule has 0 aliphatic heterocycles. The van der Waals surface area contributed by atoms with Crippen LogP contribution in [-0.4, -0.2) is 33.9 Å². The van der Waals surface area contributed by atoms with E-state index in [2.05, 4.69) is 51.5 Å². The van der Waals surface area contributed by atoms with Crippen LogP contribution < -0.4 is 10.6 Å². The second-order valence-corrected chi connectivity index (χ2v) is 8.58. The molecule has 36 heavy (non-hydrogen) atoms. The Hall–Kier alpha value is -4.60. The number of carbonyl (C=O) groups is 1. The average molecular weight is 472 g/mol. The highest BCUT2D eigenvalue weighted by atomic mass is 16.2. The fourth-order valence-corrected chi connectivity index (χ4v) is 4.10. The van der Waals surface area contributed by atoms with E-state index in [1.165, 1.54) is 0 Å². The van der Waals surface area contributed by atoms with Gasteiger partial charge in [0.1, 0.15) is 11.5 Å². The topological polar surface area (TPSA) is 79.8 Å². The minimum atomic E-state index is -0.349. The molecule has 6 heteroatoms. The van der Waals surface area contributed by atoms with Crippen LogP contribution in [0.3, 0.4) is 0 Å². The molecule has 0 saturated heterocycles. The molecule has 1 atom stereocenters. The SMILES string of the molecule is CNC(C)C(=O)Nc1ccc(-c2c(C)ccc3ncccc23)c(C#Cc2ccc3ncccc3c2)n1. The van der Waals surface area contributed by atoms with Gasteiger partial charge in [0.2, 0.25) is 5.91 Å². The van der Waals surface area contributed by atoms with Gasteiger partial charge in [-0.05, 0) is 86.5 Å². The highest BCUT2D eigenvalue weighted by molar-refractivity contribution is 5.98. The molecular weight excluding hydrogens is 446 g/mol. The monoisotopic (exact) mass is 471 g/mol. The van der Waals surface area contributed by atoms with E-state index in [0.29, 0.717) is 11.5 Å². The molecule has 0 aliphatic carbocycles. The molecule has 1 amide bonds. The third-order valence-corrected chi connectivity index (χ3v) is 6.16. The van der Waals surface area contributed by atoms with E-state index in [1.54, 1.807) is 26.4 Å². The van der Waals surface area contributed by atoms with Crippen LogP contribution in [0.4, 0.5) is 5.82 Å². The Labute approximate surface area is 209 Å². The molecule has 5 rings (SSSR count). The van der Waals surface area contributed by atoms with Crippen LogP contribution in [0, 0.1) is 18.8 Å². The van der Waals surface area contributed by atoms with E-state index in [0.717, 1.165) is 44.1 Å². The van der Waals surface area contributed by atoms with Crippen molar-refractivity contribution < 1.29 is 4.79 Å². The maximum atomic E-state index is 12.5. The summed E-state index contributed by atoms with van der Waals surface area (Å²) in [5, 5.41) is 7.88. The second kappa shape index (κ2) is 9.95. The van der Waals surface area contributed by atoms with Gasteiger partial charge in [-0.2, -0.15) is 0 Å². The van der Waals surface area contributed by atoms with Crippen molar-refractivity contribution >= 4 is 33.5 Å². The fraction of sp³-hybridized carbons (Fsp3) is 0.133. The van der Waals surface area contributed by atoms with E-state index in [1.807, 2.05) is 54.6 Å². The highest BCUT2D eigenvalue weighted by Crippen LogP contribution is 2.33. The zero-order chi connectivity index (χ0) is 25.1. The number of benzene rings is 2. The highest BCUT2D eigenvalue weighted by Gasteiger charge is 2.16. The summed E-state index contributed by atoms with van der Waals surface area (Å²) < 4.78 is 0. The number of fused-ring (bicyclic) bond motifs is 2. The second-order valence-electron chi connectivity index (χ2n) is 8.58. The normalized spacial score (nSPS) is 11.6. The summed E-state index contributed by atoms with van der Waals surface area (Å²) in [5.74, 6) is 6.83. The first-order chi connectivity index (χ1) is 17.5. The van der Waals surface area contributed by atoms with E-state index in [4.69, 9.17) is 4.98 Å². The van der Waals surface area contributed by atoms with Crippen LogP contribution in [-0.2, 0) is 4.79 Å². The number of nitrogens with one attached hydrogen (secondary N) is 2. The molecule has 1 unspecified atom stereocenters. The summed E-state index contributed by atoms with van der Waals surface area (Å²) in [4.78, 5) is 26.1. The van der Waals surface area contributed by atoms with Gasteiger partial charge in [0.05, 0.1) is 17.1 Å². The summed E-state index contributed by atoms with van der Waals surface area (Å²) in [6, 6.07) is 21.4. The first-order valence-electron chi connectivity index (χ1n) is 11.7. The number of hydrogen-bond acceptors (Lipinski definition) is 5. The largest absolute Gasteiger partial charge is 0.309 e. The summed E-state index contributed by atoms with van der Waals surface area (Å²) in [6.07, 6.45) is 3.57. The lowest BCUT2D eigenvalue weighted by Crippen LogP contribution is -2.35. The molecule has 2 aromatic carbocycles. The number of amides is 1. The van der Waals surface area contributed by atoms with Crippen molar-refractivity contribution in [2.24, 2.45) is 0 Å². The van der Waals surface area contributed by atoms with Crippen molar-refractivity contribution in [3.05, 3.63) is 95.9 Å². The molecule has 5 aromatic rings. The summed E-state index contributed by atoms with van der Waals surface area (Å²) in [7, 11) is 1.74. The number of anilines is 1. The summed E-state index contributed by atoms with van der Waals surface area (Å²) in [6.45, 7) is 3.87. The predicted octanol–water partition coefficient (Wildman–Crippen LogP) is 5.10. The van der Waals surface area contributed by atoms with E-state index in [-0.39, 0.29) is 11.9 Å². The van der Waals surface area contributed by atoms with Crippen LogP contribution in [0.25, 0.3) is 32.9 Å². The van der Waals surface area contributed by atoms with Gasteiger partial charge in [-0.3, -0.25) is 14.8 Å². The zero-order valence-electron chi connectivity index (χ0n) is 20.3. The Balaban J connectivity index is 1.65. The third kappa shape index (κ3) is 4.65. The lowest BCUT2D eigenvalue weighted by molar-refractivity contribution is -0.117. The van der Waals surface area contributed by atoms with Gasteiger partial charge in [-0.1, -0.05) is 24.1 Å². The number of hydrogen-bond donors (Lipinski definition) is 2. The van der Waals surface area contributed by atoms with Gasteiger partial charge >= 0.3 is 0 Å². The van der Waals surface area contributed by atoms with Gasteiger partial charge in [-0.15, -0.1) is 0 Å². The molecule has 0 saturated carbocycles. The molecule has 0 bridgehead atoms. The maximum Gasteiger partial charge on any atom is 0.242 e. The number of carbonyl (C=O) groups excluding carboxylic acids is 1. The maximum absolute atomic E-state index is 12.5. The van der Waals surface area contributed by atoms with Crippen LogP contribution in [0.15, 0.2) is 79.1 Å². The number of rotatable bonds is 4. The predicted molar refractivity (Wildman–Crippen MR) is 145 cm³/mol. The van der Waals surface area contributed by atoms with Crippen molar-refractivity contribution in [3.63, 3.8) is 0 Å². The number of aryl methyl sites for hydroxylation is 1. The van der Waals surface area contributed by atoms with Crippen molar-refractivity contribution in [2.75, 3.05) is 12.4 Å². The number of pyridine rings is 3. The molecule has 6 nitrogen and oxygen atoms in total. The van der Waals surface area contributed by atoms with Gasteiger partial charge in [0.25, 0.3) is 0 Å². The molecule has 0 aliphatic rings. The zero-order valence-corrected chi connectivity index (χ0v) is 20.3. The number of likely N-dealkylation sites (N-methyl/N-ethyl adjacent to an activating group) is 1. The van der Waals surface area contributed by atoms with E-state index in [9.17, 15) is 4.79 Å². The van der Waals surface area contributed by atoms with Gasteiger partial charge in [-0.25, -0.2) is 4.98 Å².